The molecule has 1 aliphatic rings. The summed E-state index contributed by atoms with van der Waals surface area (Å²) >= 11 is 1.79. The summed E-state index contributed by atoms with van der Waals surface area (Å²) in [4.78, 5) is 3.72. The molecule has 0 fully saturated rings. The predicted octanol–water partition coefficient (Wildman–Crippen LogP) is 3.74. The molecular formula is C16H18F2N2S. The van der Waals surface area contributed by atoms with Crippen LogP contribution in [0.2, 0.25) is 0 Å². The van der Waals surface area contributed by atoms with Crippen LogP contribution in [0.3, 0.4) is 0 Å². The zero-order valence-corrected chi connectivity index (χ0v) is 12.5. The number of rotatable bonds is 4. The van der Waals surface area contributed by atoms with Gasteiger partial charge in [-0.1, -0.05) is 18.2 Å². The molecule has 1 aromatic heterocycles. The molecule has 0 aliphatic carbocycles. The number of thiophene rings is 1. The summed E-state index contributed by atoms with van der Waals surface area (Å²) < 4.78 is 25.7. The van der Waals surface area contributed by atoms with Gasteiger partial charge in [0.2, 0.25) is 0 Å². The molecule has 21 heavy (non-hydrogen) atoms. The third-order valence-corrected chi connectivity index (χ3v) is 5.07. The van der Waals surface area contributed by atoms with Crippen molar-refractivity contribution in [2.45, 2.75) is 25.4 Å². The summed E-state index contributed by atoms with van der Waals surface area (Å²) in [5.74, 6) is 0. The van der Waals surface area contributed by atoms with Gasteiger partial charge in [-0.3, -0.25) is 4.90 Å². The Labute approximate surface area is 127 Å². The molecule has 3 rings (SSSR count). The molecule has 2 N–H and O–H groups in total. The highest BCUT2D eigenvalue weighted by Crippen LogP contribution is 2.31. The van der Waals surface area contributed by atoms with E-state index in [-0.39, 0.29) is 11.6 Å². The molecule has 0 radical (unpaired) electrons. The standard InChI is InChI=1S/C16H18F2N2S/c17-16(18)12-3-1-2-11(8-12)14(9-19)20-6-4-15-13(10-20)5-7-21-15/h1-3,5,7-8,14,16H,4,6,9-10,19H2. The highest BCUT2D eigenvalue weighted by molar-refractivity contribution is 7.10. The van der Waals surface area contributed by atoms with Gasteiger partial charge in [0.1, 0.15) is 0 Å². The lowest BCUT2D eigenvalue weighted by Crippen LogP contribution is -2.37. The Kier molecular flexibility index (Phi) is 4.33. The zero-order valence-electron chi connectivity index (χ0n) is 11.6. The van der Waals surface area contributed by atoms with E-state index in [2.05, 4.69) is 16.3 Å². The number of fused-ring (bicyclic) bond motifs is 1. The minimum atomic E-state index is -2.44. The second-order valence-electron chi connectivity index (χ2n) is 5.31. The van der Waals surface area contributed by atoms with Crippen molar-refractivity contribution in [3.05, 3.63) is 57.3 Å². The maximum Gasteiger partial charge on any atom is 0.263 e. The van der Waals surface area contributed by atoms with Crippen LogP contribution in [-0.2, 0) is 13.0 Å². The summed E-state index contributed by atoms with van der Waals surface area (Å²) in [7, 11) is 0. The summed E-state index contributed by atoms with van der Waals surface area (Å²) in [6.45, 7) is 2.21. The van der Waals surface area contributed by atoms with Crippen LogP contribution in [0.25, 0.3) is 0 Å². The van der Waals surface area contributed by atoms with E-state index < -0.39 is 6.43 Å². The third-order valence-electron chi connectivity index (χ3n) is 4.05. The van der Waals surface area contributed by atoms with E-state index in [0.717, 1.165) is 25.1 Å². The normalized spacial score (nSPS) is 17.0. The Bertz CT molecular complexity index is 612. The maximum absolute atomic E-state index is 12.9. The van der Waals surface area contributed by atoms with Gasteiger partial charge in [0.05, 0.1) is 0 Å². The summed E-state index contributed by atoms with van der Waals surface area (Å²) in [5, 5.41) is 2.11. The quantitative estimate of drug-likeness (QED) is 0.932. The van der Waals surface area contributed by atoms with Crippen LogP contribution in [0.4, 0.5) is 8.78 Å². The van der Waals surface area contributed by atoms with Crippen molar-refractivity contribution in [3.8, 4) is 0 Å². The Hall–Kier alpha value is -1.30. The van der Waals surface area contributed by atoms with E-state index in [1.54, 1.807) is 23.5 Å². The number of halogens is 2. The Morgan fingerprint density at radius 3 is 2.81 bits per heavy atom. The molecule has 2 nitrogen and oxygen atoms in total. The van der Waals surface area contributed by atoms with Gasteiger partial charge in [0.25, 0.3) is 6.43 Å². The van der Waals surface area contributed by atoms with E-state index >= 15 is 0 Å². The van der Waals surface area contributed by atoms with Crippen molar-refractivity contribution in [3.63, 3.8) is 0 Å². The van der Waals surface area contributed by atoms with Crippen molar-refractivity contribution in [2.75, 3.05) is 13.1 Å². The largest absolute Gasteiger partial charge is 0.329 e. The van der Waals surface area contributed by atoms with Gasteiger partial charge >= 0.3 is 0 Å². The number of alkyl halides is 2. The van der Waals surface area contributed by atoms with E-state index in [1.807, 2.05) is 6.07 Å². The van der Waals surface area contributed by atoms with Crippen LogP contribution in [0.5, 0.6) is 0 Å². The minimum absolute atomic E-state index is 0.00301. The van der Waals surface area contributed by atoms with Crippen LogP contribution < -0.4 is 5.73 Å². The van der Waals surface area contributed by atoms with Gasteiger partial charge < -0.3 is 5.73 Å². The topological polar surface area (TPSA) is 29.3 Å². The highest BCUT2D eigenvalue weighted by atomic mass is 32.1. The first-order valence-corrected chi connectivity index (χ1v) is 7.94. The van der Waals surface area contributed by atoms with Crippen molar-refractivity contribution in [2.24, 2.45) is 5.73 Å². The lowest BCUT2D eigenvalue weighted by molar-refractivity contribution is 0.150. The highest BCUT2D eigenvalue weighted by Gasteiger charge is 2.25. The van der Waals surface area contributed by atoms with Crippen LogP contribution in [0.15, 0.2) is 35.7 Å². The first-order valence-electron chi connectivity index (χ1n) is 7.06. The van der Waals surface area contributed by atoms with Crippen LogP contribution >= 0.6 is 11.3 Å². The molecule has 2 heterocycles. The van der Waals surface area contributed by atoms with Gasteiger partial charge in [-0.05, 0) is 35.1 Å². The maximum atomic E-state index is 12.9. The second-order valence-corrected chi connectivity index (χ2v) is 6.31. The average Bonchev–Trinajstić information content (AvgIpc) is 2.96. The van der Waals surface area contributed by atoms with Crippen LogP contribution in [0, 0.1) is 0 Å². The smallest absolute Gasteiger partial charge is 0.263 e. The molecule has 0 saturated heterocycles. The lowest BCUT2D eigenvalue weighted by atomic mass is 9.99. The van der Waals surface area contributed by atoms with Crippen molar-refractivity contribution < 1.29 is 8.78 Å². The third kappa shape index (κ3) is 3.00. The first kappa shape index (κ1) is 14.6. The molecule has 1 aromatic carbocycles. The summed E-state index contributed by atoms with van der Waals surface area (Å²) in [6.07, 6.45) is -1.42. The van der Waals surface area contributed by atoms with Crippen molar-refractivity contribution in [1.82, 2.24) is 4.90 Å². The molecule has 0 saturated carbocycles. The van der Waals surface area contributed by atoms with Gasteiger partial charge in [0, 0.05) is 36.1 Å². The number of benzene rings is 1. The average molecular weight is 308 g/mol. The number of hydrogen-bond acceptors (Lipinski definition) is 3. The minimum Gasteiger partial charge on any atom is -0.329 e. The Morgan fingerprint density at radius 1 is 1.24 bits per heavy atom. The molecule has 2 aromatic rings. The Morgan fingerprint density at radius 2 is 2.05 bits per heavy atom. The molecule has 5 heteroatoms. The fourth-order valence-corrected chi connectivity index (χ4v) is 3.82. The van der Waals surface area contributed by atoms with E-state index in [1.165, 1.54) is 16.5 Å². The molecule has 0 amide bonds. The molecule has 112 valence electrons. The fourth-order valence-electron chi connectivity index (χ4n) is 2.93. The predicted molar refractivity (Wildman–Crippen MR) is 81.6 cm³/mol. The van der Waals surface area contributed by atoms with Gasteiger partial charge in [-0.15, -0.1) is 11.3 Å². The van der Waals surface area contributed by atoms with E-state index in [4.69, 9.17) is 5.73 Å². The first-order chi connectivity index (χ1) is 10.2. The van der Waals surface area contributed by atoms with E-state index in [0.29, 0.717) is 6.54 Å². The van der Waals surface area contributed by atoms with Gasteiger partial charge in [-0.25, -0.2) is 8.78 Å². The van der Waals surface area contributed by atoms with Crippen molar-refractivity contribution in [1.29, 1.82) is 0 Å². The zero-order chi connectivity index (χ0) is 14.8. The summed E-state index contributed by atoms with van der Waals surface area (Å²) in [5.41, 5.74) is 8.22. The summed E-state index contributed by atoms with van der Waals surface area (Å²) in [6, 6.07) is 8.79. The molecule has 0 bridgehead atoms. The number of hydrogen-bond donors (Lipinski definition) is 1. The van der Waals surface area contributed by atoms with E-state index in [9.17, 15) is 8.78 Å². The monoisotopic (exact) mass is 308 g/mol. The number of nitrogens with zero attached hydrogens (tertiary/aromatic N) is 1. The van der Waals surface area contributed by atoms with Gasteiger partial charge in [-0.2, -0.15) is 0 Å². The SMILES string of the molecule is NCC(c1cccc(C(F)F)c1)N1CCc2sccc2C1. The fraction of sp³-hybridized carbons (Fsp3) is 0.375. The molecule has 1 atom stereocenters. The Balaban J connectivity index is 1.84. The molecule has 0 spiro atoms. The van der Waals surface area contributed by atoms with Crippen LogP contribution in [0.1, 0.15) is 34.0 Å². The van der Waals surface area contributed by atoms with Crippen LogP contribution in [-0.4, -0.2) is 18.0 Å². The molecular weight excluding hydrogens is 290 g/mol. The van der Waals surface area contributed by atoms with Crippen molar-refractivity contribution >= 4 is 11.3 Å². The number of nitrogens with two attached hydrogens (primary N) is 1. The molecule has 1 aliphatic heterocycles. The lowest BCUT2D eigenvalue weighted by Gasteiger charge is -2.34. The van der Waals surface area contributed by atoms with Gasteiger partial charge in [0.15, 0.2) is 0 Å². The second kappa shape index (κ2) is 6.22. The molecule has 1 unspecified atom stereocenters.